The monoisotopic (exact) mass is 302 g/mol. The Labute approximate surface area is 128 Å². The molecular formula is C16H15FN2OS. The van der Waals surface area contributed by atoms with Crippen molar-refractivity contribution in [3.63, 3.8) is 0 Å². The number of thiocarbonyl (C=S) groups is 1. The van der Waals surface area contributed by atoms with E-state index in [1.807, 2.05) is 6.07 Å². The highest BCUT2D eigenvalue weighted by Crippen LogP contribution is 2.31. The van der Waals surface area contributed by atoms with Crippen molar-refractivity contribution in [1.29, 1.82) is 0 Å². The molecule has 0 amide bonds. The van der Waals surface area contributed by atoms with Crippen molar-refractivity contribution >= 4 is 17.2 Å². The number of halogens is 1. The summed E-state index contributed by atoms with van der Waals surface area (Å²) >= 11 is 5.09. The van der Waals surface area contributed by atoms with E-state index in [-0.39, 0.29) is 10.8 Å². The molecule has 0 unspecified atom stereocenters. The van der Waals surface area contributed by atoms with Crippen LogP contribution in [0, 0.1) is 12.7 Å². The maximum atomic E-state index is 13.2. The van der Waals surface area contributed by atoms with E-state index in [1.165, 1.54) is 17.7 Å². The van der Waals surface area contributed by atoms with Crippen LogP contribution < -0.4 is 10.5 Å². The Morgan fingerprint density at radius 1 is 1.33 bits per heavy atom. The Bertz CT molecular complexity index is 730. The van der Waals surface area contributed by atoms with Gasteiger partial charge in [0.05, 0.1) is 5.56 Å². The molecule has 3 rings (SSSR count). The summed E-state index contributed by atoms with van der Waals surface area (Å²) in [5.74, 6) is 0.661. The number of hydrogen-bond donors (Lipinski definition) is 1. The summed E-state index contributed by atoms with van der Waals surface area (Å²) in [5.41, 5.74) is 9.32. The van der Waals surface area contributed by atoms with Crippen LogP contribution >= 0.6 is 12.2 Å². The van der Waals surface area contributed by atoms with Gasteiger partial charge in [0, 0.05) is 5.69 Å². The summed E-state index contributed by atoms with van der Waals surface area (Å²) in [6.45, 7) is 1.78. The summed E-state index contributed by atoms with van der Waals surface area (Å²) in [6.07, 6.45) is 3.01. The first kappa shape index (κ1) is 13.9. The third kappa shape index (κ3) is 2.74. The first-order valence-electron chi connectivity index (χ1n) is 6.81. The lowest BCUT2D eigenvalue weighted by Gasteiger charge is -2.13. The van der Waals surface area contributed by atoms with Crippen molar-refractivity contribution in [3.05, 3.63) is 52.5 Å². The van der Waals surface area contributed by atoms with Gasteiger partial charge in [-0.3, -0.25) is 0 Å². The largest absolute Gasteiger partial charge is 0.438 e. The Morgan fingerprint density at radius 2 is 2.14 bits per heavy atom. The van der Waals surface area contributed by atoms with Gasteiger partial charge in [0.15, 0.2) is 0 Å². The molecule has 1 heterocycles. The van der Waals surface area contributed by atoms with Gasteiger partial charge in [0.25, 0.3) is 0 Å². The molecule has 2 N–H and O–H groups in total. The normalized spacial score (nSPS) is 13.0. The molecule has 1 aliphatic rings. The molecule has 1 aromatic heterocycles. The number of aryl methyl sites for hydroxylation is 3. The van der Waals surface area contributed by atoms with Crippen molar-refractivity contribution in [1.82, 2.24) is 4.98 Å². The first-order chi connectivity index (χ1) is 10.0. The maximum Gasteiger partial charge on any atom is 0.229 e. The summed E-state index contributed by atoms with van der Waals surface area (Å²) in [6, 6.07) is 6.33. The topological polar surface area (TPSA) is 48.1 Å². The molecule has 21 heavy (non-hydrogen) atoms. The lowest BCUT2D eigenvalue weighted by molar-refractivity contribution is 0.455. The third-order valence-electron chi connectivity index (χ3n) is 3.62. The van der Waals surface area contributed by atoms with Crippen molar-refractivity contribution in [3.8, 4) is 11.6 Å². The molecule has 0 aliphatic heterocycles. The van der Waals surface area contributed by atoms with Crippen LogP contribution in [0.1, 0.15) is 28.8 Å². The van der Waals surface area contributed by atoms with E-state index < -0.39 is 0 Å². The lowest BCUT2D eigenvalue weighted by Crippen LogP contribution is -2.13. The number of aromatic nitrogens is 1. The molecule has 5 heteroatoms. The minimum atomic E-state index is -0.295. The fourth-order valence-electron chi connectivity index (χ4n) is 2.54. The van der Waals surface area contributed by atoms with E-state index in [1.54, 1.807) is 13.0 Å². The molecule has 0 saturated carbocycles. The highest BCUT2D eigenvalue weighted by Gasteiger charge is 2.19. The lowest BCUT2D eigenvalue weighted by atomic mass is 10.1. The second kappa shape index (κ2) is 5.41. The molecule has 2 aromatic rings. The number of nitrogens with two attached hydrogens (primary N) is 1. The van der Waals surface area contributed by atoms with Crippen LogP contribution in [0.5, 0.6) is 11.6 Å². The Balaban J connectivity index is 2.03. The van der Waals surface area contributed by atoms with Crippen molar-refractivity contribution in [2.75, 3.05) is 0 Å². The zero-order valence-electron chi connectivity index (χ0n) is 11.6. The Morgan fingerprint density at radius 3 is 2.86 bits per heavy atom. The van der Waals surface area contributed by atoms with Gasteiger partial charge >= 0.3 is 0 Å². The molecule has 0 atom stereocenters. The predicted octanol–water partition coefficient (Wildman–Crippen LogP) is 3.44. The molecule has 0 fully saturated rings. The fourth-order valence-corrected chi connectivity index (χ4v) is 2.69. The van der Waals surface area contributed by atoms with E-state index in [9.17, 15) is 4.39 Å². The molecule has 3 nitrogen and oxygen atoms in total. The number of hydrogen-bond acceptors (Lipinski definition) is 3. The first-order valence-corrected chi connectivity index (χ1v) is 7.22. The number of pyridine rings is 1. The Kier molecular flexibility index (Phi) is 3.59. The van der Waals surface area contributed by atoms with Crippen molar-refractivity contribution in [2.24, 2.45) is 5.73 Å². The van der Waals surface area contributed by atoms with Gasteiger partial charge < -0.3 is 10.5 Å². The van der Waals surface area contributed by atoms with Gasteiger partial charge in [0.1, 0.15) is 16.6 Å². The third-order valence-corrected chi connectivity index (χ3v) is 3.84. The van der Waals surface area contributed by atoms with Crippen LogP contribution in [0.3, 0.4) is 0 Å². The standard InChI is InChI=1S/C16H15FN2OS/c1-9-7-11(17)5-6-14(9)20-16-12(15(18)21)8-10-3-2-4-13(10)19-16/h5-8H,2-4H2,1H3,(H2,18,21). The molecule has 0 radical (unpaired) electrons. The van der Waals surface area contributed by atoms with E-state index in [4.69, 9.17) is 22.7 Å². The van der Waals surface area contributed by atoms with Gasteiger partial charge in [-0.25, -0.2) is 9.37 Å². The summed E-state index contributed by atoms with van der Waals surface area (Å²) < 4.78 is 19.0. The van der Waals surface area contributed by atoms with Gasteiger partial charge in [-0.15, -0.1) is 0 Å². The van der Waals surface area contributed by atoms with Crippen molar-refractivity contribution in [2.45, 2.75) is 26.2 Å². The van der Waals surface area contributed by atoms with E-state index in [0.717, 1.165) is 25.0 Å². The SMILES string of the molecule is Cc1cc(F)ccc1Oc1nc2c(cc1C(N)=S)CCC2. The van der Waals surface area contributed by atoms with Crippen LogP contribution in [0.25, 0.3) is 0 Å². The van der Waals surface area contributed by atoms with Crippen LogP contribution in [-0.2, 0) is 12.8 Å². The number of benzene rings is 1. The maximum absolute atomic E-state index is 13.2. The van der Waals surface area contributed by atoms with Gasteiger partial charge in [-0.1, -0.05) is 12.2 Å². The van der Waals surface area contributed by atoms with Crippen LogP contribution in [0.15, 0.2) is 24.3 Å². The number of rotatable bonds is 3. The van der Waals surface area contributed by atoms with E-state index in [2.05, 4.69) is 4.98 Å². The fraction of sp³-hybridized carbons (Fsp3) is 0.250. The number of nitrogens with zero attached hydrogens (tertiary/aromatic N) is 1. The van der Waals surface area contributed by atoms with Crippen LogP contribution in [0.4, 0.5) is 4.39 Å². The van der Waals surface area contributed by atoms with Crippen LogP contribution in [-0.4, -0.2) is 9.97 Å². The average molecular weight is 302 g/mol. The highest BCUT2D eigenvalue weighted by atomic mass is 32.1. The quantitative estimate of drug-likeness (QED) is 0.882. The zero-order chi connectivity index (χ0) is 15.0. The molecule has 0 saturated heterocycles. The van der Waals surface area contributed by atoms with Gasteiger partial charge in [0.2, 0.25) is 5.88 Å². The molecule has 1 aromatic carbocycles. The number of fused-ring (bicyclic) bond motifs is 1. The van der Waals surface area contributed by atoms with E-state index in [0.29, 0.717) is 22.8 Å². The minimum Gasteiger partial charge on any atom is -0.438 e. The molecule has 0 spiro atoms. The average Bonchev–Trinajstić information content (AvgIpc) is 2.88. The second-order valence-corrected chi connectivity index (χ2v) is 5.62. The molecule has 1 aliphatic carbocycles. The number of ether oxygens (including phenoxy) is 1. The second-order valence-electron chi connectivity index (χ2n) is 5.18. The summed E-state index contributed by atoms with van der Waals surface area (Å²) in [7, 11) is 0. The van der Waals surface area contributed by atoms with Gasteiger partial charge in [-0.05, 0) is 61.6 Å². The zero-order valence-corrected chi connectivity index (χ0v) is 12.5. The van der Waals surface area contributed by atoms with Crippen LogP contribution in [0.2, 0.25) is 0 Å². The minimum absolute atomic E-state index is 0.256. The van der Waals surface area contributed by atoms with Gasteiger partial charge in [-0.2, -0.15) is 0 Å². The predicted molar refractivity (Wildman–Crippen MR) is 83.4 cm³/mol. The molecular weight excluding hydrogens is 287 g/mol. The summed E-state index contributed by atoms with van der Waals surface area (Å²) in [5, 5.41) is 0. The Hall–Kier alpha value is -2.01. The molecule has 108 valence electrons. The molecule has 0 bridgehead atoms. The highest BCUT2D eigenvalue weighted by molar-refractivity contribution is 7.80. The summed E-state index contributed by atoms with van der Waals surface area (Å²) in [4.78, 5) is 4.81. The smallest absolute Gasteiger partial charge is 0.229 e. The van der Waals surface area contributed by atoms with Crippen molar-refractivity contribution < 1.29 is 9.13 Å². The van der Waals surface area contributed by atoms with E-state index >= 15 is 0 Å².